The molecule has 0 fully saturated rings. The van der Waals surface area contributed by atoms with Gasteiger partial charge in [-0.15, -0.1) is 0 Å². The number of ketones is 1. The molecule has 2 aromatic rings. The Morgan fingerprint density at radius 1 is 1.29 bits per heavy atom. The van der Waals surface area contributed by atoms with Gasteiger partial charge in [0, 0.05) is 5.56 Å². The van der Waals surface area contributed by atoms with E-state index in [9.17, 15) is 13.2 Å². The minimum absolute atomic E-state index is 0.296. The number of carbonyl (C=O) groups is 1. The van der Waals surface area contributed by atoms with Crippen LogP contribution in [0.2, 0.25) is 0 Å². The lowest BCUT2D eigenvalue weighted by Gasteiger charge is -1.94. The zero-order valence-corrected chi connectivity index (χ0v) is 9.14. The van der Waals surface area contributed by atoms with E-state index in [4.69, 9.17) is 4.55 Å². The number of nitrogens with zero attached hydrogens (tertiary/aromatic N) is 1. The summed E-state index contributed by atoms with van der Waals surface area (Å²) in [6.45, 7) is 0. The fraction of sp³-hybridized carbons (Fsp3) is 0. The van der Waals surface area contributed by atoms with Crippen molar-refractivity contribution in [3.63, 3.8) is 0 Å². The molecule has 0 bridgehead atoms. The minimum Gasteiger partial charge on any atom is -0.418 e. The largest absolute Gasteiger partial charge is 0.418 e. The average molecular weight is 252 g/mol. The molecule has 0 aliphatic rings. The van der Waals surface area contributed by atoms with E-state index in [-0.39, 0.29) is 0 Å². The van der Waals surface area contributed by atoms with Gasteiger partial charge in [0.25, 0.3) is 11.0 Å². The van der Waals surface area contributed by atoms with E-state index < -0.39 is 26.9 Å². The molecular formula is C10H6NO5S. The first-order chi connectivity index (χ1) is 7.98. The minimum atomic E-state index is -4.53. The number of rotatable bonds is 3. The van der Waals surface area contributed by atoms with Crippen LogP contribution < -0.4 is 0 Å². The topological polar surface area (TPSA) is 97.5 Å². The molecule has 7 heteroatoms. The van der Waals surface area contributed by atoms with E-state index in [2.05, 4.69) is 9.40 Å². The summed E-state index contributed by atoms with van der Waals surface area (Å²) in [5.41, 5.74) is 0.296. The van der Waals surface area contributed by atoms with Gasteiger partial charge in [0.1, 0.15) is 0 Å². The summed E-state index contributed by atoms with van der Waals surface area (Å²) in [4.78, 5) is 15.1. The van der Waals surface area contributed by atoms with Crippen molar-refractivity contribution in [1.82, 2.24) is 4.98 Å². The van der Waals surface area contributed by atoms with Gasteiger partial charge in [0.05, 0.1) is 0 Å². The zero-order chi connectivity index (χ0) is 12.5. The molecule has 1 heterocycles. The van der Waals surface area contributed by atoms with Gasteiger partial charge in [0.2, 0.25) is 5.78 Å². The summed E-state index contributed by atoms with van der Waals surface area (Å²) >= 11 is 0. The summed E-state index contributed by atoms with van der Waals surface area (Å²) in [5, 5.41) is -0.878. The molecule has 17 heavy (non-hydrogen) atoms. The number of aromatic nitrogens is 1. The Morgan fingerprint density at radius 2 is 1.94 bits per heavy atom. The van der Waals surface area contributed by atoms with Gasteiger partial charge in [-0.05, 0) is 0 Å². The SMILES string of the molecule is O=C(c1ccccc1)c1n[c]c(S(=O)(=O)O)o1. The second-order valence-electron chi connectivity index (χ2n) is 3.09. The standard InChI is InChI=1S/C10H6NO5S/c12-9(7-4-2-1-3-5-7)10-11-6-8(16-10)17(13,14)15/h1-5H,(H,13,14,15). The van der Waals surface area contributed by atoms with Crippen LogP contribution in [0.15, 0.2) is 39.8 Å². The van der Waals surface area contributed by atoms with Crippen molar-refractivity contribution < 1.29 is 22.2 Å². The molecule has 0 atom stereocenters. The lowest BCUT2D eigenvalue weighted by Crippen LogP contribution is -2.01. The van der Waals surface area contributed by atoms with Crippen LogP contribution in [-0.2, 0) is 10.1 Å². The van der Waals surface area contributed by atoms with E-state index in [1.165, 1.54) is 12.1 Å². The smallest absolute Gasteiger partial charge is 0.330 e. The molecule has 1 aromatic carbocycles. The van der Waals surface area contributed by atoms with Crippen molar-refractivity contribution in [2.45, 2.75) is 5.09 Å². The average Bonchev–Trinajstić information content (AvgIpc) is 2.78. The Morgan fingerprint density at radius 3 is 2.47 bits per heavy atom. The molecule has 0 aliphatic heterocycles. The van der Waals surface area contributed by atoms with Gasteiger partial charge in [0.15, 0.2) is 6.20 Å². The predicted molar refractivity (Wildman–Crippen MR) is 55.0 cm³/mol. The number of hydrogen-bond donors (Lipinski definition) is 1. The third kappa shape index (κ3) is 2.40. The first kappa shape index (κ1) is 11.5. The van der Waals surface area contributed by atoms with Gasteiger partial charge >= 0.3 is 10.1 Å². The van der Waals surface area contributed by atoms with Crippen LogP contribution in [0.5, 0.6) is 0 Å². The number of benzene rings is 1. The Bertz CT molecular complexity index is 644. The number of carbonyl (C=O) groups excluding carboxylic acids is 1. The van der Waals surface area contributed by atoms with Crippen LogP contribution in [0.1, 0.15) is 16.2 Å². The first-order valence-corrected chi connectivity index (χ1v) is 5.88. The third-order valence-corrected chi connectivity index (χ3v) is 2.55. The monoisotopic (exact) mass is 252 g/mol. The zero-order valence-electron chi connectivity index (χ0n) is 8.32. The van der Waals surface area contributed by atoms with Gasteiger partial charge in [-0.3, -0.25) is 9.35 Å². The number of hydrogen-bond acceptors (Lipinski definition) is 5. The highest BCUT2D eigenvalue weighted by molar-refractivity contribution is 7.85. The fourth-order valence-electron chi connectivity index (χ4n) is 1.15. The quantitative estimate of drug-likeness (QED) is 0.645. The molecule has 1 aromatic heterocycles. The Balaban J connectivity index is 2.37. The van der Waals surface area contributed by atoms with E-state index in [1.807, 2.05) is 6.20 Å². The first-order valence-electron chi connectivity index (χ1n) is 4.44. The molecule has 6 nitrogen and oxygen atoms in total. The normalized spacial score (nSPS) is 11.4. The highest BCUT2D eigenvalue weighted by Gasteiger charge is 2.21. The summed E-state index contributed by atoms with van der Waals surface area (Å²) in [5.74, 6) is -1.03. The molecule has 2 rings (SSSR count). The van der Waals surface area contributed by atoms with Gasteiger partial charge < -0.3 is 4.42 Å². The lowest BCUT2D eigenvalue weighted by atomic mass is 10.1. The molecule has 0 saturated carbocycles. The van der Waals surface area contributed by atoms with Crippen LogP contribution in [0.4, 0.5) is 0 Å². The second kappa shape index (κ2) is 4.11. The van der Waals surface area contributed by atoms with Crippen molar-refractivity contribution in [2.24, 2.45) is 0 Å². The van der Waals surface area contributed by atoms with E-state index in [0.717, 1.165) is 0 Å². The van der Waals surface area contributed by atoms with Gasteiger partial charge in [-0.25, -0.2) is 4.98 Å². The maximum absolute atomic E-state index is 11.7. The van der Waals surface area contributed by atoms with Crippen LogP contribution in [0, 0.1) is 6.20 Å². The Hall–Kier alpha value is -1.99. The molecule has 87 valence electrons. The van der Waals surface area contributed by atoms with Crippen molar-refractivity contribution in [3.8, 4) is 0 Å². The van der Waals surface area contributed by atoms with Gasteiger partial charge in [-0.2, -0.15) is 8.42 Å². The summed E-state index contributed by atoms with van der Waals surface area (Å²) in [7, 11) is -4.53. The molecule has 0 saturated heterocycles. The Kier molecular flexibility index (Phi) is 2.78. The highest BCUT2D eigenvalue weighted by Crippen LogP contribution is 2.13. The van der Waals surface area contributed by atoms with Crippen LogP contribution in [-0.4, -0.2) is 23.7 Å². The van der Waals surface area contributed by atoms with Crippen LogP contribution in [0.3, 0.4) is 0 Å². The maximum atomic E-state index is 11.7. The van der Waals surface area contributed by atoms with Crippen molar-refractivity contribution >= 4 is 15.9 Å². The van der Waals surface area contributed by atoms with E-state index >= 15 is 0 Å². The second-order valence-corrected chi connectivity index (χ2v) is 4.41. The van der Waals surface area contributed by atoms with Crippen molar-refractivity contribution in [3.05, 3.63) is 48.0 Å². The van der Waals surface area contributed by atoms with Crippen LogP contribution in [0.25, 0.3) is 0 Å². The molecule has 1 radical (unpaired) electrons. The van der Waals surface area contributed by atoms with Crippen molar-refractivity contribution in [2.75, 3.05) is 0 Å². The number of oxazole rings is 1. The lowest BCUT2D eigenvalue weighted by molar-refractivity contribution is 0.0997. The molecular weight excluding hydrogens is 246 g/mol. The molecule has 0 spiro atoms. The van der Waals surface area contributed by atoms with E-state index in [1.54, 1.807) is 18.2 Å². The molecule has 0 aliphatic carbocycles. The maximum Gasteiger partial charge on any atom is 0.330 e. The van der Waals surface area contributed by atoms with Crippen LogP contribution >= 0.6 is 0 Å². The highest BCUT2D eigenvalue weighted by atomic mass is 32.2. The Labute approximate surface area is 96.7 Å². The fourth-order valence-corrected chi connectivity index (χ4v) is 1.50. The summed E-state index contributed by atoms with van der Waals surface area (Å²) < 4.78 is 34.6. The summed E-state index contributed by atoms with van der Waals surface area (Å²) in [6, 6.07) is 8.06. The molecule has 0 amide bonds. The van der Waals surface area contributed by atoms with Gasteiger partial charge in [-0.1, -0.05) is 30.3 Å². The predicted octanol–water partition coefficient (Wildman–Crippen LogP) is 0.952. The molecule has 1 N–H and O–H groups in total. The third-order valence-electron chi connectivity index (χ3n) is 1.90. The summed E-state index contributed by atoms with van der Waals surface area (Å²) in [6.07, 6.45) is 1.92. The molecule has 0 unspecified atom stereocenters. The van der Waals surface area contributed by atoms with E-state index in [0.29, 0.717) is 5.56 Å². The van der Waals surface area contributed by atoms with Crippen molar-refractivity contribution in [1.29, 1.82) is 0 Å².